The third-order valence-corrected chi connectivity index (χ3v) is 10.8. The van der Waals surface area contributed by atoms with Crippen LogP contribution in [0, 0.1) is 0 Å². The van der Waals surface area contributed by atoms with E-state index in [0.717, 1.165) is 22.7 Å². The highest BCUT2D eigenvalue weighted by molar-refractivity contribution is 6.10. The molecule has 0 aromatic heterocycles. The number of hydrogen-bond donors (Lipinski definition) is 1. The van der Waals surface area contributed by atoms with Crippen molar-refractivity contribution in [3.8, 4) is 22.3 Å². The second kappa shape index (κ2) is 10.5. The largest absolute Gasteiger partial charge is 0.356 e. The molecule has 1 N–H and O–H groups in total. The van der Waals surface area contributed by atoms with Gasteiger partial charge >= 0.3 is 0 Å². The van der Waals surface area contributed by atoms with Crippen LogP contribution >= 0.6 is 0 Å². The lowest BCUT2D eigenvalue weighted by Crippen LogP contribution is -2.18. The molecule has 0 saturated carbocycles. The van der Waals surface area contributed by atoms with Crippen molar-refractivity contribution in [1.82, 2.24) is 0 Å². The van der Waals surface area contributed by atoms with E-state index in [9.17, 15) is 0 Å². The van der Waals surface area contributed by atoms with E-state index in [2.05, 4.69) is 190 Å². The summed E-state index contributed by atoms with van der Waals surface area (Å²) in [4.78, 5) is 2.42. The van der Waals surface area contributed by atoms with Crippen LogP contribution < -0.4 is 10.2 Å². The van der Waals surface area contributed by atoms with Crippen molar-refractivity contribution in [2.75, 3.05) is 10.2 Å². The molecule has 0 radical (unpaired) electrons. The first-order valence-corrected chi connectivity index (χ1v) is 17.0. The van der Waals surface area contributed by atoms with Crippen LogP contribution in [-0.2, 0) is 10.8 Å². The summed E-state index contributed by atoms with van der Waals surface area (Å²) in [5.41, 5.74) is 16.4. The fourth-order valence-corrected chi connectivity index (χ4v) is 8.32. The van der Waals surface area contributed by atoms with Crippen molar-refractivity contribution in [2.45, 2.75) is 38.5 Å². The van der Waals surface area contributed by atoms with E-state index < -0.39 is 0 Å². The molecule has 0 bridgehead atoms. The van der Waals surface area contributed by atoms with E-state index in [1.54, 1.807) is 0 Å². The molecule has 9 rings (SSSR count). The second-order valence-corrected chi connectivity index (χ2v) is 14.3. The number of nitrogens with zero attached hydrogens (tertiary/aromatic N) is 1. The van der Waals surface area contributed by atoms with E-state index in [-0.39, 0.29) is 10.8 Å². The topological polar surface area (TPSA) is 15.3 Å². The molecular weight excluding hydrogens is 581 g/mol. The van der Waals surface area contributed by atoms with E-state index in [1.165, 1.54) is 61.0 Å². The van der Waals surface area contributed by atoms with Gasteiger partial charge in [0.2, 0.25) is 0 Å². The Morgan fingerprint density at radius 1 is 0.417 bits per heavy atom. The minimum Gasteiger partial charge on any atom is -0.356 e. The van der Waals surface area contributed by atoms with Gasteiger partial charge in [-0.15, -0.1) is 0 Å². The van der Waals surface area contributed by atoms with Gasteiger partial charge in [-0.25, -0.2) is 0 Å². The fourth-order valence-electron chi connectivity index (χ4n) is 8.32. The maximum absolute atomic E-state index is 3.62. The average molecular weight is 619 g/mol. The maximum Gasteiger partial charge on any atom is 0.0543 e. The number of hydrogen-bond acceptors (Lipinski definition) is 2. The lowest BCUT2D eigenvalue weighted by atomic mass is 9.79. The van der Waals surface area contributed by atoms with Crippen LogP contribution in [0.25, 0.3) is 33.0 Å². The first-order chi connectivity index (χ1) is 23.3. The van der Waals surface area contributed by atoms with Crippen LogP contribution in [0.1, 0.15) is 49.9 Å². The molecule has 0 fully saturated rings. The van der Waals surface area contributed by atoms with Crippen molar-refractivity contribution in [1.29, 1.82) is 0 Å². The smallest absolute Gasteiger partial charge is 0.0543 e. The van der Waals surface area contributed by atoms with Gasteiger partial charge in [0, 0.05) is 39.0 Å². The molecule has 0 aliphatic heterocycles. The Hall–Kier alpha value is -5.60. The summed E-state index contributed by atoms with van der Waals surface area (Å²) in [6.07, 6.45) is 0. The van der Waals surface area contributed by atoms with Gasteiger partial charge in [0.25, 0.3) is 0 Å². The molecule has 7 aromatic carbocycles. The molecule has 0 atom stereocenters. The molecule has 0 heterocycles. The van der Waals surface area contributed by atoms with Crippen LogP contribution in [0.15, 0.2) is 152 Å². The highest BCUT2D eigenvalue weighted by Crippen LogP contribution is 2.59. The zero-order chi connectivity index (χ0) is 32.6. The molecule has 48 heavy (non-hydrogen) atoms. The molecule has 0 amide bonds. The van der Waals surface area contributed by atoms with E-state index in [0.29, 0.717) is 0 Å². The minimum absolute atomic E-state index is 0.131. The van der Waals surface area contributed by atoms with Crippen LogP contribution in [0.3, 0.4) is 0 Å². The fraction of sp³-hybridized carbons (Fsp3) is 0.130. The molecule has 2 heteroatoms. The Kier molecular flexibility index (Phi) is 6.23. The molecule has 2 aliphatic carbocycles. The summed E-state index contributed by atoms with van der Waals surface area (Å²) < 4.78 is 0. The van der Waals surface area contributed by atoms with Crippen LogP contribution in [-0.4, -0.2) is 0 Å². The van der Waals surface area contributed by atoms with Crippen molar-refractivity contribution in [3.63, 3.8) is 0 Å². The number of para-hydroxylation sites is 3. The maximum atomic E-state index is 3.62. The van der Waals surface area contributed by atoms with E-state index in [4.69, 9.17) is 0 Å². The Balaban J connectivity index is 1.23. The standard InChI is InChI=1S/C46H38N2/c1-45(2)39-26-31(47-30-16-8-5-9-17-30)24-25-34(39)37-27-41-38(28-40(37)45)44-36-23-15-14-22-35(36)43(29-42(44)46(41,3)4)48(32-18-10-6-11-19-32)33-20-12-7-13-21-33/h5-29,47H,1-4H3. The van der Waals surface area contributed by atoms with Gasteiger partial charge < -0.3 is 10.2 Å². The molecule has 0 saturated heterocycles. The minimum atomic E-state index is -0.181. The van der Waals surface area contributed by atoms with Gasteiger partial charge in [0.1, 0.15) is 0 Å². The van der Waals surface area contributed by atoms with Crippen molar-refractivity contribution >= 4 is 39.2 Å². The van der Waals surface area contributed by atoms with Gasteiger partial charge in [-0.05, 0) is 117 Å². The van der Waals surface area contributed by atoms with Crippen molar-refractivity contribution in [3.05, 3.63) is 174 Å². The van der Waals surface area contributed by atoms with Crippen molar-refractivity contribution < 1.29 is 0 Å². The third kappa shape index (κ3) is 4.19. The Labute approximate surface area is 283 Å². The Bertz CT molecular complexity index is 2310. The molecule has 0 spiro atoms. The normalized spacial score (nSPS) is 14.6. The number of anilines is 5. The van der Waals surface area contributed by atoms with E-state index >= 15 is 0 Å². The van der Waals surface area contributed by atoms with Gasteiger partial charge in [-0.2, -0.15) is 0 Å². The quantitative estimate of drug-likeness (QED) is 0.206. The summed E-state index contributed by atoms with van der Waals surface area (Å²) in [5.74, 6) is 0. The van der Waals surface area contributed by atoms with E-state index in [1.807, 2.05) is 0 Å². The van der Waals surface area contributed by atoms with Crippen LogP contribution in [0.4, 0.5) is 28.4 Å². The summed E-state index contributed by atoms with van der Waals surface area (Å²) in [5, 5.41) is 6.18. The second-order valence-electron chi connectivity index (χ2n) is 14.3. The Morgan fingerprint density at radius 3 is 1.60 bits per heavy atom. The number of benzene rings is 7. The lowest BCUT2D eigenvalue weighted by Gasteiger charge is -2.29. The predicted molar refractivity (Wildman–Crippen MR) is 203 cm³/mol. The summed E-state index contributed by atoms with van der Waals surface area (Å²) in [6, 6.07) is 55.4. The molecular formula is C46H38N2. The summed E-state index contributed by atoms with van der Waals surface area (Å²) >= 11 is 0. The highest BCUT2D eigenvalue weighted by Gasteiger charge is 2.43. The first-order valence-electron chi connectivity index (χ1n) is 17.0. The highest BCUT2D eigenvalue weighted by atomic mass is 15.1. The first kappa shape index (κ1) is 28.6. The predicted octanol–water partition coefficient (Wildman–Crippen LogP) is 12.7. The SMILES string of the molecule is CC1(C)c2cc(Nc3ccccc3)ccc2-c2cc3c(cc21)-c1c(cc(N(c2ccccc2)c2ccccc2)c2ccccc12)C3(C)C. The van der Waals surface area contributed by atoms with Gasteiger partial charge in [-0.1, -0.05) is 113 Å². The number of nitrogens with one attached hydrogen (secondary N) is 1. The lowest BCUT2D eigenvalue weighted by molar-refractivity contribution is 0.652. The zero-order valence-electron chi connectivity index (χ0n) is 27.9. The summed E-state index contributed by atoms with van der Waals surface area (Å²) in [7, 11) is 0. The molecule has 232 valence electrons. The average Bonchev–Trinajstić information content (AvgIpc) is 3.47. The summed E-state index contributed by atoms with van der Waals surface area (Å²) in [6.45, 7) is 9.59. The Morgan fingerprint density at radius 2 is 0.938 bits per heavy atom. The molecule has 2 aliphatic rings. The number of fused-ring (bicyclic) bond motifs is 8. The van der Waals surface area contributed by atoms with Crippen LogP contribution in [0.2, 0.25) is 0 Å². The monoisotopic (exact) mass is 618 g/mol. The molecule has 7 aromatic rings. The van der Waals surface area contributed by atoms with Crippen LogP contribution in [0.5, 0.6) is 0 Å². The van der Waals surface area contributed by atoms with Gasteiger partial charge in [0.05, 0.1) is 5.69 Å². The molecule has 2 nitrogen and oxygen atoms in total. The molecule has 0 unspecified atom stereocenters. The van der Waals surface area contributed by atoms with Crippen molar-refractivity contribution in [2.24, 2.45) is 0 Å². The van der Waals surface area contributed by atoms with Gasteiger partial charge in [0.15, 0.2) is 0 Å². The zero-order valence-corrected chi connectivity index (χ0v) is 27.9. The third-order valence-electron chi connectivity index (χ3n) is 10.8. The number of rotatable bonds is 5. The van der Waals surface area contributed by atoms with Gasteiger partial charge in [-0.3, -0.25) is 0 Å².